The zero-order valence-corrected chi connectivity index (χ0v) is 7.36. The molecule has 0 radical (unpaired) electrons. The van der Waals surface area contributed by atoms with E-state index in [0.717, 1.165) is 6.42 Å². The third-order valence-corrected chi connectivity index (χ3v) is 1.73. The van der Waals surface area contributed by atoms with Gasteiger partial charge in [0, 0.05) is 12.3 Å². The van der Waals surface area contributed by atoms with Crippen molar-refractivity contribution in [3.8, 4) is 0 Å². The Bertz CT molecular complexity index is 325. The summed E-state index contributed by atoms with van der Waals surface area (Å²) in [5, 5.41) is 10.5. The fourth-order valence-electron chi connectivity index (χ4n) is 1.10. The SMILES string of the molecule is CCCc1nccc([N+](=O)[O-])c1N. The molecule has 70 valence electrons. The van der Waals surface area contributed by atoms with Crippen molar-refractivity contribution in [3.63, 3.8) is 0 Å². The number of anilines is 1. The van der Waals surface area contributed by atoms with Crippen LogP contribution < -0.4 is 5.73 Å². The Morgan fingerprint density at radius 3 is 2.92 bits per heavy atom. The number of nitrogen functional groups attached to an aromatic ring is 1. The van der Waals surface area contributed by atoms with Gasteiger partial charge in [-0.15, -0.1) is 0 Å². The first kappa shape index (κ1) is 9.44. The van der Waals surface area contributed by atoms with Crippen LogP contribution in [-0.2, 0) is 6.42 Å². The van der Waals surface area contributed by atoms with E-state index < -0.39 is 4.92 Å². The van der Waals surface area contributed by atoms with Gasteiger partial charge in [0.25, 0.3) is 5.69 Å². The van der Waals surface area contributed by atoms with Crippen molar-refractivity contribution in [1.29, 1.82) is 0 Å². The van der Waals surface area contributed by atoms with Crippen LogP contribution in [0.4, 0.5) is 11.4 Å². The highest BCUT2D eigenvalue weighted by atomic mass is 16.6. The van der Waals surface area contributed by atoms with Crippen molar-refractivity contribution in [2.75, 3.05) is 5.73 Å². The van der Waals surface area contributed by atoms with Gasteiger partial charge in [-0.05, 0) is 6.42 Å². The molecule has 13 heavy (non-hydrogen) atoms. The summed E-state index contributed by atoms with van der Waals surface area (Å²) in [7, 11) is 0. The minimum atomic E-state index is -0.490. The summed E-state index contributed by atoms with van der Waals surface area (Å²) in [6.07, 6.45) is 2.96. The quantitative estimate of drug-likeness (QED) is 0.566. The first-order chi connectivity index (χ1) is 6.16. The van der Waals surface area contributed by atoms with E-state index in [9.17, 15) is 10.1 Å². The summed E-state index contributed by atoms with van der Waals surface area (Å²) in [5.74, 6) is 0. The van der Waals surface area contributed by atoms with Crippen molar-refractivity contribution in [2.24, 2.45) is 0 Å². The lowest BCUT2D eigenvalue weighted by Gasteiger charge is -2.02. The fraction of sp³-hybridized carbons (Fsp3) is 0.375. The van der Waals surface area contributed by atoms with Crippen LogP contribution in [0.2, 0.25) is 0 Å². The van der Waals surface area contributed by atoms with E-state index in [2.05, 4.69) is 4.98 Å². The number of nitrogens with zero attached hydrogens (tertiary/aromatic N) is 2. The Labute approximate surface area is 75.7 Å². The predicted molar refractivity (Wildman–Crippen MR) is 49.3 cm³/mol. The molecule has 0 aromatic carbocycles. The summed E-state index contributed by atoms with van der Waals surface area (Å²) in [5.41, 5.74) is 6.31. The highest BCUT2D eigenvalue weighted by Crippen LogP contribution is 2.23. The summed E-state index contributed by atoms with van der Waals surface area (Å²) in [4.78, 5) is 14.0. The van der Waals surface area contributed by atoms with Gasteiger partial charge >= 0.3 is 0 Å². The molecule has 0 atom stereocenters. The van der Waals surface area contributed by atoms with Crippen molar-refractivity contribution in [3.05, 3.63) is 28.1 Å². The molecule has 0 amide bonds. The van der Waals surface area contributed by atoms with Crippen LogP contribution in [0.5, 0.6) is 0 Å². The van der Waals surface area contributed by atoms with E-state index in [1.807, 2.05) is 6.92 Å². The van der Waals surface area contributed by atoms with Gasteiger partial charge < -0.3 is 5.73 Å². The minimum absolute atomic E-state index is 0.0570. The van der Waals surface area contributed by atoms with Gasteiger partial charge in [-0.2, -0.15) is 0 Å². The normalized spacial score (nSPS) is 9.92. The molecule has 0 unspecified atom stereocenters. The third-order valence-electron chi connectivity index (χ3n) is 1.73. The van der Waals surface area contributed by atoms with Crippen LogP contribution in [0.3, 0.4) is 0 Å². The number of nitro groups is 1. The first-order valence-electron chi connectivity index (χ1n) is 4.04. The van der Waals surface area contributed by atoms with Crippen molar-refractivity contribution in [2.45, 2.75) is 19.8 Å². The predicted octanol–water partition coefficient (Wildman–Crippen LogP) is 1.52. The first-order valence-corrected chi connectivity index (χ1v) is 4.04. The second-order valence-electron chi connectivity index (χ2n) is 2.70. The molecule has 0 aliphatic carbocycles. The third kappa shape index (κ3) is 1.93. The molecule has 0 bridgehead atoms. The van der Waals surface area contributed by atoms with Gasteiger partial charge in [0.2, 0.25) is 0 Å². The molecule has 0 spiro atoms. The maximum absolute atomic E-state index is 10.5. The van der Waals surface area contributed by atoms with Gasteiger partial charge in [-0.1, -0.05) is 13.3 Å². The number of aromatic nitrogens is 1. The molecule has 1 aromatic rings. The number of nitrogens with two attached hydrogens (primary N) is 1. The number of aryl methyl sites for hydroxylation is 1. The van der Waals surface area contributed by atoms with Gasteiger partial charge in [0.15, 0.2) is 0 Å². The number of hydrogen-bond acceptors (Lipinski definition) is 4. The van der Waals surface area contributed by atoms with Gasteiger partial charge in [-0.25, -0.2) is 0 Å². The van der Waals surface area contributed by atoms with Gasteiger partial charge in [0.1, 0.15) is 5.69 Å². The van der Waals surface area contributed by atoms with Crippen LogP contribution in [-0.4, -0.2) is 9.91 Å². The lowest BCUT2D eigenvalue weighted by atomic mass is 10.2. The minimum Gasteiger partial charge on any atom is -0.392 e. The van der Waals surface area contributed by atoms with Crippen LogP contribution in [0.1, 0.15) is 19.0 Å². The topological polar surface area (TPSA) is 82.0 Å². The molecule has 0 aliphatic rings. The van der Waals surface area contributed by atoms with Crippen LogP contribution in [0.15, 0.2) is 12.3 Å². The van der Waals surface area contributed by atoms with Crippen LogP contribution in [0.25, 0.3) is 0 Å². The molecule has 1 rings (SSSR count). The Kier molecular flexibility index (Phi) is 2.79. The van der Waals surface area contributed by atoms with Gasteiger partial charge in [-0.3, -0.25) is 15.1 Å². The maximum atomic E-state index is 10.5. The van der Waals surface area contributed by atoms with Crippen molar-refractivity contribution >= 4 is 11.4 Å². The Morgan fingerprint density at radius 2 is 2.38 bits per heavy atom. The highest BCUT2D eigenvalue weighted by Gasteiger charge is 2.14. The molecule has 0 fully saturated rings. The molecule has 2 N–H and O–H groups in total. The van der Waals surface area contributed by atoms with E-state index in [1.54, 1.807) is 0 Å². The lowest BCUT2D eigenvalue weighted by Crippen LogP contribution is -2.02. The summed E-state index contributed by atoms with van der Waals surface area (Å²) < 4.78 is 0. The van der Waals surface area contributed by atoms with E-state index >= 15 is 0 Å². The molecule has 1 heterocycles. The van der Waals surface area contributed by atoms with Gasteiger partial charge in [0.05, 0.1) is 10.6 Å². The Balaban J connectivity index is 3.10. The molecular weight excluding hydrogens is 170 g/mol. The monoisotopic (exact) mass is 181 g/mol. The number of rotatable bonds is 3. The average molecular weight is 181 g/mol. The van der Waals surface area contributed by atoms with Crippen LogP contribution >= 0.6 is 0 Å². The smallest absolute Gasteiger partial charge is 0.295 e. The van der Waals surface area contributed by atoms with Crippen molar-refractivity contribution < 1.29 is 4.92 Å². The Hall–Kier alpha value is -1.65. The lowest BCUT2D eigenvalue weighted by molar-refractivity contribution is -0.384. The largest absolute Gasteiger partial charge is 0.392 e. The number of hydrogen-bond donors (Lipinski definition) is 1. The molecule has 0 saturated heterocycles. The van der Waals surface area contributed by atoms with E-state index in [4.69, 9.17) is 5.73 Å². The maximum Gasteiger partial charge on any atom is 0.295 e. The second kappa shape index (κ2) is 3.84. The summed E-state index contributed by atoms with van der Waals surface area (Å²) in [6.45, 7) is 1.97. The molecular formula is C8H11N3O2. The molecule has 0 aliphatic heterocycles. The average Bonchev–Trinajstić information content (AvgIpc) is 2.08. The summed E-state index contributed by atoms with van der Waals surface area (Å²) >= 11 is 0. The molecule has 1 aromatic heterocycles. The zero-order chi connectivity index (χ0) is 9.84. The molecule has 5 nitrogen and oxygen atoms in total. The van der Waals surface area contributed by atoms with E-state index in [-0.39, 0.29) is 11.4 Å². The zero-order valence-electron chi connectivity index (χ0n) is 7.36. The number of pyridine rings is 1. The summed E-state index contributed by atoms with van der Waals surface area (Å²) in [6, 6.07) is 1.31. The van der Waals surface area contributed by atoms with E-state index in [1.165, 1.54) is 12.3 Å². The van der Waals surface area contributed by atoms with E-state index in [0.29, 0.717) is 12.1 Å². The molecule has 0 saturated carbocycles. The van der Waals surface area contributed by atoms with Crippen LogP contribution in [0, 0.1) is 10.1 Å². The second-order valence-corrected chi connectivity index (χ2v) is 2.70. The fourth-order valence-corrected chi connectivity index (χ4v) is 1.10. The molecule has 5 heteroatoms. The standard InChI is InChI=1S/C8H11N3O2/c1-2-3-6-8(9)7(11(12)13)4-5-10-6/h4-5H,2-3,9H2,1H3. The van der Waals surface area contributed by atoms with Crippen molar-refractivity contribution in [1.82, 2.24) is 4.98 Å². The highest BCUT2D eigenvalue weighted by molar-refractivity contribution is 5.60. The Morgan fingerprint density at radius 1 is 1.69 bits per heavy atom.